The molecule has 0 amide bonds. The van der Waals surface area contributed by atoms with Crippen molar-refractivity contribution in [2.45, 2.75) is 0 Å². The van der Waals surface area contributed by atoms with Crippen LogP contribution in [-0.4, -0.2) is 11.0 Å². The van der Waals surface area contributed by atoms with Gasteiger partial charge in [0.15, 0.2) is 0 Å². The Labute approximate surface area is 120 Å². The summed E-state index contributed by atoms with van der Waals surface area (Å²) in [4.78, 5) is 15.8. The van der Waals surface area contributed by atoms with Gasteiger partial charge in [0.05, 0.1) is 17.2 Å². The number of rotatable bonds is 2. The van der Waals surface area contributed by atoms with E-state index in [1.54, 1.807) is 36.4 Å². The molecule has 0 N–H and O–H groups in total. The van der Waals surface area contributed by atoms with Gasteiger partial charge in [0.1, 0.15) is 0 Å². The van der Waals surface area contributed by atoms with Crippen LogP contribution in [0.5, 0.6) is 0 Å². The summed E-state index contributed by atoms with van der Waals surface area (Å²) < 4.78 is 0. The van der Waals surface area contributed by atoms with Gasteiger partial charge in [-0.2, -0.15) is 0 Å². The van der Waals surface area contributed by atoms with Gasteiger partial charge in [-0.05, 0) is 24.3 Å². The topological polar surface area (TPSA) is 53.0 Å². The molecule has 0 atom stereocenters. The molecule has 0 unspecified atom stereocenters. The number of aromatic nitrogens is 1. The maximum absolute atomic E-state index is 11.3. The Balaban J connectivity index is 2.30. The van der Waals surface area contributed by atoms with Crippen molar-refractivity contribution in [1.82, 2.24) is 4.98 Å². The number of hydrogen-bond acceptors (Lipinski definition) is 3. The lowest BCUT2D eigenvalue weighted by Crippen LogP contribution is -2.22. The van der Waals surface area contributed by atoms with Gasteiger partial charge in [-0.1, -0.05) is 41.9 Å². The predicted octanol–water partition coefficient (Wildman–Crippen LogP) is 2.92. The third-order valence-corrected chi connectivity index (χ3v) is 3.29. The average molecular weight is 283 g/mol. The molecular formula is C16H9ClNO2-. The van der Waals surface area contributed by atoms with Crippen molar-refractivity contribution < 1.29 is 9.90 Å². The molecule has 0 fully saturated rings. The van der Waals surface area contributed by atoms with Crippen LogP contribution >= 0.6 is 11.6 Å². The van der Waals surface area contributed by atoms with Crippen molar-refractivity contribution in [1.29, 1.82) is 0 Å². The summed E-state index contributed by atoms with van der Waals surface area (Å²) in [6, 6.07) is 15.7. The van der Waals surface area contributed by atoms with Crippen LogP contribution < -0.4 is 5.11 Å². The summed E-state index contributed by atoms with van der Waals surface area (Å²) in [6.07, 6.45) is 0. The first-order valence-electron chi connectivity index (χ1n) is 6.02. The van der Waals surface area contributed by atoms with E-state index in [4.69, 9.17) is 11.6 Å². The zero-order chi connectivity index (χ0) is 14.1. The van der Waals surface area contributed by atoms with Crippen LogP contribution in [0.3, 0.4) is 0 Å². The highest BCUT2D eigenvalue weighted by molar-refractivity contribution is 6.30. The lowest BCUT2D eigenvalue weighted by Gasteiger charge is -2.10. The first-order valence-corrected chi connectivity index (χ1v) is 6.40. The van der Waals surface area contributed by atoms with Crippen LogP contribution in [0.15, 0.2) is 54.6 Å². The molecule has 2 aromatic carbocycles. The molecule has 3 aromatic rings. The number of halogens is 1. The summed E-state index contributed by atoms with van der Waals surface area (Å²) in [7, 11) is 0. The van der Waals surface area contributed by atoms with Crippen molar-refractivity contribution in [3.63, 3.8) is 0 Å². The van der Waals surface area contributed by atoms with Crippen molar-refractivity contribution in [2.24, 2.45) is 0 Å². The van der Waals surface area contributed by atoms with Crippen LogP contribution in [-0.2, 0) is 0 Å². The third kappa shape index (κ3) is 2.24. The van der Waals surface area contributed by atoms with Crippen molar-refractivity contribution in [3.05, 3.63) is 65.2 Å². The molecule has 4 heteroatoms. The molecule has 0 aliphatic rings. The van der Waals surface area contributed by atoms with Gasteiger partial charge in [0, 0.05) is 21.5 Å². The molecule has 20 heavy (non-hydrogen) atoms. The van der Waals surface area contributed by atoms with E-state index in [0.29, 0.717) is 21.6 Å². The molecule has 3 rings (SSSR count). The quantitative estimate of drug-likeness (QED) is 0.726. The zero-order valence-electron chi connectivity index (χ0n) is 10.3. The van der Waals surface area contributed by atoms with E-state index in [-0.39, 0.29) is 5.56 Å². The summed E-state index contributed by atoms with van der Waals surface area (Å²) in [5.74, 6) is -1.22. The van der Waals surface area contributed by atoms with Crippen LogP contribution in [0.1, 0.15) is 10.4 Å². The second kappa shape index (κ2) is 4.94. The normalized spacial score (nSPS) is 10.7. The fourth-order valence-electron chi connectivity index (χ4n) is 2.14. The zero-order valence-corrected chi connectivity index (χ0v) is 11.1. The van der Waals surface area contributed by atoms with E-state index in [1.165, 1.54) is 6.07 Å². The van der Waals surface area contributed by atoms with E-state index in [2.05, 4.69) is 4.98 Å². The highest BCUT2D eigenvalue weighted by Crippen LogP contribution is 2.26. The molecule has 1 heterocycles. The number of hydrogen-bond donors (Lipinski definition) is 0. The number of carbonyl (C=O) groups is 1. The number of carboxylic acid groups (broad SMARTS) is 1. The second-order valence-corrected chi connectivity index (χ2v) is 4.81. The Hall–Kier alpha value is -2.39. The fraction of sp³-hybridized carbons (Fsp3) is 0. The third-order valence-electron chi connectivity index (χ3n) is 3.06. The molecule has 0 radical (unpaired) electrons. The minimum absolute atomic E-state index is 0.130. The molecule has 98 valence electrons. The number of pyridine rings is 1. The lowest BCUT2D eigenvalue weighted by molar-refractivity contribution is -0.254. The number of aromatic carboxylic acids is 1. The number of benzene rings is 2. The molecule has 0 aliphatic carbocycles. The largest absolute Gasteiger partial charge is 0.545 e. The molecule has 0 bridgehead atoms. The van der Waals surface area contributed by atoms with Gasteiger partial charge in [0.2, 0.25) is 0 Å². The Morgan fingerprint density at radius 3 is 2.60 bits per heavy atom. The van der Waals surface area contributed by atoms with E-state index >= 15 is 0 Å². The fourth-order valence-corrected chi connectivity index (χ4v) is 2.33. The molecule has 1 aromatic heterocycles. The molecule has 0 spiro atoms. The maximum atomic E-state index is 11.3. The van der Waals surface area contributed by atoms with Crippen molar-refractivity contribution >= 4 is 28.5 Å². The van der Waals surface area contributed by atoms with E-state index in [1.807, 2.05) is 12.1 Å². The van der Waals surface area contributed by atoms with Gasteiger partial charge < -0.3 is 9.90 Å². The molecule has 0 aliphatic heterocycles. The Bertz CT molecular complexity index is 814. The predicted molar refractivity (Wildman–Crippen MR) is 76.5 cm³/mol. The molecule has 3 nitrogen and oxygen atoms in total. The molecule has 0 saturated carbocycles. The molecular weight excluding hydrogens is 274 g/mol. The van der Waals surface area contributed by atoms with Crippen LogP contribution in [0.2, 0.25) is 5.02 Å². The highest BCUT2D eigenvalue weighted by atomic mass is 35.5. The Kier molecular flexibility index (Phi) is 3.12. The van der Waals surface area contributed by atoms with Crippen LogP contribution in [0.25, 0.3) is 22.2 Å². The first-order chi connectivity index (χ1) is 9.65. The number of para-hydroxylation sites is 1. The van der Waals surface area contributed by atoms with E-state index < -0.39 is 5.97 Å². The van der Waals surface area contributed by atoms with Gasteiger partial charge in [-0.25, -0.2) is 4.98 Å². The second-order valence-electron chi connectivity index (χ2n) is 4.37. The summed E-state index contributed by atoms with van der Waals surface area (Å²) >= 11 is 5.96. The number of nitrogens with zero attached hydrogens (tertiary/aromatic N) is 1. The maximum Gasteiger partial charge on any atom is 0.0722 e. The number of carboxylic acids is 1. The van der Waals surface area contributed by atoms with E-state index in [0.717, 1.165) is 5.56 Å². The van der Waals surface area contributed by atoms with Crippen molar-refractivity contribution in [3.8, 4) is 11.3 Å². The summed E-state index contributed by atoms with van der Waals surface area (Å²) in [5.41, 5.74) is 2.07. The highest BCUT2D eigenvalue weighted by Gasteiger charge is 2.08. The smallest absolute Gasteiger partial charge is 0.0722 e. The Morgan fingerprint density at radius 1 is 1.05 bits per heavy atom. The van der Waals surface area contributed by atoms with Crippen LogP contribution in [0, 0.1) is 0 Å². The average Bonchev–Trinajstić information content (AvgIpc) is 2.46. The monoisotopic (exact) mass is 282 g/mol. The van der Waals surface area contributed by atoms with Gasteiger partial charge >= 0.3 is 0 Å². The van der Waals surface area contributed by atoms with Crippen molar-refractivity contribution in [2.75, 3.05) is 0 Å². The van der Waals surface area contributed by atoms with E-state index in [9.17, 15) is 9.90 Å². The summed E-state index contributed by atoms with van der Waals surface area (Å²) in [6.45, 7) is 0. The van der Waals surface area contributed by atoms with Crippen LogP contribution in [0.4, 0.5) is 0 Å². The lowest BCUT2D eigenvalue weighted by atomic mass is 10.0. The number of fused-ring (bicyclic) bond motifs is 1. The van der Waals surface area contributed by atoms with Gasteiger partial charge in [-0.15, -0.1) is 0 Å². The Morgan fingerprint density at radius 2 is 1.85 bits per heavy atom. The standard InChI is InChI=1S/C16H10ClNO2/c17-11-5-3-4-10(8-11)15-9-13(16(19)20)12-6-1-2-7-14(12)18-15/h1-9H,(H,19,20)/p-1. The van der Waals surface area contributed by atoms with Gasteiger partial charge in [0.25, 0.3) is 0 Å². The first kappa shape index (κ1) is 12.6. The number of carbonyl (C=O) groups excluding carboxylic acids is 1. The summed E-state index contributed by atoms with van der Waals surface area (Å²) in [5, 5.41) is 12.4. The SMILES string of the molecule is O=C([O-])c1cc(-c2cccc(Cl)c2)nc2ccccc12. The minimum atomic E-state index is -1.22. The minimum Gasteiger partial charge on any atom is -0.545 e. The van der Waals surface area contributed by atoms with Gasteiger partial charge in [-0.3, -0.25) is 0 Å². The molecule has 0 saturated heterocycles.